The molecule has 6 rings (SSSR count). The number of halogens is 1. The second-order valence-corrected chi connectivity index (χ2v) is 13.6. The van der Waals surface area contributed by atoms with Crippen LogP contribution in [0, 0.1) is 3.57 Å². The number of carbonyl (C=O) groups excluding carboxylic acids is 2. The fraction of sp³-hybridized carbons (Fsp3) is 0.412. The first kappa shape index (κ1) is 33.6. The highest BCUT2D eigenvalue weighted by molar-refractivity contribution is 14.1. The number of carbonyl (C=O) groups is 2. The average Bonchev–Trinajstić information content (AvgIpc) is 3.03. The molecule has 0 bridgehead atoms. The highest BCUT2D eigenvalue weighted by atomic mass is 127. The third-order valence-electron chi connectivity index (χ3n) is 9.49. The van der Waals surface area contributed by atoms with Crippen molar-refractivity contribution in [3.8, 4) is 23.0 Å². The third-order valence-corrected chi connectivity index (χ3v) is 10.3. The minimum Gasteiger partial charge on any atom is -0.507 e. The number of rotatable bonds is 7. The average molecular weight is 762 g/mol. The van der Waals surface area contributed by atoms with E-state index < -0.39 is 76.5 Å². The number of aromatic hydroxyl groups is 3. The molecule has 13 heteroatoms. The Morgan fingerprint density at radius 3 is 2.49 bits per heavy atom. The number of hydrogen-bond acceptors (Lipinski definition) is 12. The topological polar surface area (TPSA) is 195 Å². The minimum atomic E-state index is -1.84. The van der Waals surface area contributed by atoms with E-state index >= 15 is 0 Å². The number of aliphatic hydroxyl groups excluding tert-OH is 2. The van der Waals surface area contributed by atoms with Crippen LogP contribution in [0.5, 0.6) is 23.0 Å². The maximum Gasteiger partial charge on any atom is 0.202 e. The summed E-state index contributed by atoms with van der Waals surface area (Å²) in [5, 5.41) is 69.6. The summed E-state index contributed by atoms with van der Waals surface area (Å²) < 4.78 is 18.4. The molecule has 3 aromatic carbocycles. The molecule has 1 aliphatic heterocycles. The van der Waals surface area contributed by atoms with Crippen LogP contribution < -0.4 is 10.1 Å². The number of nitrogens with one attached hydrogen (secondary N) is 1. The Balaban J connectivity index is 1.36. The van der Waals surface area contributed by atoms with Crippen LogP contribution in [0.1, 0.15) is 81.3 Å². The van der Waals surface area contributed by atoms with Crippen molar-refractivity contribution in [3.63, 3.8) is 0 Å². The predicted molar refractivity (Wildman–Crippen MR) is 175 cm³/mol. The van der Waals surface area contributed by atoms with Gasteiger partial charge < -0.3 is 50.2 Å². The Kier molecular flexibility index (Phi) is 9.02. The number of hydrogen-bond donors (Lipinski definition) is 7. The monoisotopic (exact) mass is 761 g/mol. The maximum atomic E-state index is 13.9. The van der Waals surface area contributed by atoms with Crippen molar-refractivity contribution in [2.24, 2.45) is 0 Å². The second-order valence-electron chi connectivity index (χ2n) is 12.4. The number of phenolic OH excluding ortho intramolecular Hbond substituents is 3. The number of fused-ring (bicyclic) bond motifs is 3. The summed E-state index contributed by atoms with van der Waals surface area (Å²) in [6.07, 6.45) is -5.56. The molecule has 0 saturated carbocycles. The Hall–Kier alpha value is -3.31. The molecule has 2 unspecified atom stereocenters. The summed E-state index contributed by atoms with van der Waals surface area (Å²) in [4.78, 5) is 27.6. The molecule has 0 spiro atoms. The standard InChI is InChI=1S/C34H36INO11/c1-14-29(39)20(36-13-16-7-8-21(38)19(35)9-16)10-24(46-14)47-23-12-34(44,15(2)37)11-18-26(23)33(43)28-27(31(18)41)30(40)17-5-4-6-22(45-3)25(17)32(28)42/h4-9,14-15,20,23-24,29,36-39,41,43-44H,10-13H2,1-3H3/t14?,15?,20-,23+,24+,29-,34+/m1/s1. The zero-order valence-electron chi connectivity index (χ0n) is 25.9. The van der Waals surface area contributed by atoms with Crippen molar-refractivity contribution in [1.82, 2.24) is 5.32 Å². The van der Waals surface area contributed by atoms with Crippen LogP contribution in [-0.4, -0.2) is 85.6 Å². The Morgan fingerprint density at radius 2 is 1.81 bits per heavy atom. The van der Waals surface area contributed by atoms with Crippen molar-refractivity contribution in [2.45, 2.75) is 82.0 Å². The summed E-state index contributed by atoms with van der Waals surface area (Å²) in [6, 6.07) is 9.14. The molecule has 0 amide bonds. The van der Waals surface area contributed by atoms with Gasteiger partial charge in [-0.05, 0) is 60.2 Å². The SMILES string of the molecule is COc1cccc2c1C(=O)c1c(O)c3c(c(O)c1C2=O)C[C@@](O)(C(C)O)C[C@@H]3O[C@H]1C[C@@H](NCc2ccc(O)c(I)c2)[C@H](O)C(C)O1. The second kappa shape index (κ2) is 12.6. The Morgan fingerprint density at radius 1 is 1.09 bits per heavy atom. The van der Waals surface area contributed by atoms with E-state index in [1.54, 1.807) is 19.1 Å². The first-order valence-electron chi connectivity index (χ1n) is 15.2. The molecule has 7 atom stereocenters. The molecule has 0 radical (unpaired) electrons. The van der Waals surface area contributed by atoms with Gasteiger partial charge in [0, 0.05) is 48.5 Å². The highest BCUT2D eigenvalue weighted by Gasteiger charge is 2.49. The largest absolute Gasteiger partial charge is 0.507 e. The normalized spacial score (nSPS) is 27.5. The number of ketones is 2. The van der Waals surface area contributed by atoms with Gasteiger partial charge in [0.2, 0.25) is 5.78 Å². The number of ether oxygens (including phenoxy) is 3. The lowest BCUT2D eigenvalue weighted by molar-refractivity contribution is -0.253. The van der Waals surface area contributed by atoms with Crippen LogP contribution in [0.2, 0.25) is 0 Å². The van der Waals surface area contributed by atoms with Gasteiger partial charge in [0.25, 0.3) is 0 Å². The summed E-state index contributed by atoms with van der Waals surface area (Å²) in [5.41, 5.74) is -1.87. The van der Waals surface area contributed by atoms with Gasteiger partial charge in [-0.15, -0.1) is 0 Å². The molecule has 3 aromatic rings. The maximum absolute atomic E-state index is 13.9. The molecule has 2 aliphatic carbocycles. The fourth-order valence-corrected chi connectivity index (χ4v) is 7.39. The molecule has 1 fully saturated rings. The first-order chi connectivity index (χ1) is 22.2. The first-order valence-corrected chi connectivity index (χ1v) is 16.3. The van der Waals surface area contributed by atoms with Gasteiger partial charge in [0.1, 0.15) is 23.0 Å². The highest BCUT2D eigenvalue weighted by Crippen LogP contribution is 2.53. The van der Waals surface area contributed by atoms with Gasteiger partial charge in [-0.1, -0.05) is 18.2 Å². The van der Waals surface area contributed by atoms with E-state index in [9.17, 15) is 40.2 Å². The van der Waals surface area contributed by atoms with E-state index in [-0.39, 0.29) is 53.0 Å². The number of phenols is 3. The molecule has 1 saturated heterocycles. The lowest BCUT2D eigenvalue weighted by atomic mass is 9.71. The Labute approximate surface area is 284 Å². The quantitative estimate of drug-likeness (QED) is 0.108. The molecular formula is C34H36INO11. The van der Waals surface area contributed by atoms with E-state index in [2.05, 4.69) is 5.32 Å². The number of benzene rings is 3. The van der Waals surface area contributed by atoms with Crippen molar-refractivity contribution >= 4 is 34.2 Å². The van der Waals surface area contributed by atoms with Crippen molar-refractivity contribution in [2.75, 3.05) is 7.11 Å². The smallest absolute Gasteiger partial charge is 0.202 e. The summed E-state index contributed by atoms with van der Waals surface area (Å²) in [7, 11) is 1.35. The molecule has 12 nitrogen and oxygen atoms in total. The summed E-state index contributed by atoms with van der Waals surface area (Å²) >= 11 is 2.03. The van der Waals surface area contributed by atoms with E-state index in [0.717, 1.165) is 5.56 Å². The van der Waals surface area contributed by atoms with Gasteiger partial charge in [0.15, 0.2) is 12.1 Å². The molecule has 0 aromatic heterocycles. The molecule has 7 N–H and O–H groups in total. The van der Waals surface area contributed by atoms with Crippen molar-refractivity contribution < 1.29 is 54.4 Å². The summed E-state index contributed by atoms with van der Waals surface area (Å²) in [6.45, 7) is 3.43. The lowest BCUT2D eigenvalue weighted by Crippen LogP contribution is -2.54. The molecular weight excluding hydrogens is 725 g/mol. The Bertz CT molecular complexity index is 1760. The van der Waals surface area contributed by atoms with Crippen LogP contribution in [-0.2, 0) is 22.4 Å². The van der Waals surface area contributed by atoms with E-state index in [4.69, 9.17) is 14.2 Å². The van der Waals surface area contributed by atoms with Crippen LogP contribution in [0.3, 0.4) is 0 Å². The predicted octanol–water partition coefficient (Wildman–Crippen LogP) is 2.96. The van der Waals surface area contributed by atoms with Gasteiger partial charge in [-0.3, -0.25) is 9.59 Å². The van der Waals surface area contributed by atoms with Crippen LogP contribution >= 0.6 is 22.6 Å². The molecule has 250 valence electrons. The lowest BCUT2D eigenvalue weighted by Gasteiger charge is -2.44. The van der Waals surface area contributed by atoms with Gasteiger partial charge >= 0.3 is 0 Å². The van der Waals surface area contributed by atoms with Crippen molar-refractivity contribution in [1.29, 1.82) is 0 Å². The van der Waals surface area contributed by atoms with E-state index in [1.807, 2.05) is 28.7 Å². The molecule has 1 heterocycles. The van der Waals surface area contributed by atoms with Gasteiger partial charge in [-0.25, -0.2) is 0 Å². The van der Waals surface area contributed by atoms with Gasteiger partial charge in [-0.2, -0.15) is 0 Å². The fourth-order valence-electron chi connectivity index (χ4n) is 6.81. The third kappa shape index (κ3) is 5.77. The van der Waals surface area contributed by atoms with Gasteiger partial charge in [0.05, 0.1) is 57.4 Å². The zero-order valence-corrected chi connectivity index (χ0v) is 28.0. The molecule has 47 heavy (non-hydrogen) atoms. The number of methoxy groups -OCH3 is 1. The van der Waals surface area contributed by atoms with Crippen molar-refractivity contribution in [3.05, 3.63) is 78.9 Å². The van der Waals surface area contributed by atoms with E-state index in [0.29, 0.717) is 10.1 Å². The molecule has 3 aliphatic rings. The van der Waals surface area contributed by atoms with Crippen LogP contribution in [0.25, 0.3) is 0 Å². The van der Waals surface area contributed by atoms with Crippen LogP contribution in [0.15, 0.2) is 36.4 Å². The number of aliphatic hydroxyl groups is 3. The minimum absolute atomic E-state index is 0.00312. The summed E-state index contributed by atoms with van der Waals surface area (Å²) in [5.74, 6) is -2.32. The zero-order chi connectivity index (χ0) is 33.9. The van der Waals surface area contributed by atoms with E-state index in [1.165, 1.54) is 32.2 Å². The van der Waals surface area contributed by atoms with Crippen LogP contribution in [0.4, 0.5) is 0 Å².